The number of ether oxygens (including phenoxy) is 1. The third kappa shape index (κ3) is 7.42. The van der Waals surface area contributed by atoms with Crippen molar-refractivity contribution in [3.8, 4) is 5.75 Å². The molecule has 152 valence electrons. The van der Waals surface area contributed by atoms with Crippen LogP contribution in [0.25, 0.3) is 0 Å². The zero-order valence-electron chi connectivity index (χ0n) is 14.7. The number of nitrogens with one attached hydrogen (secondary N) is 2. The summed E-state index contributed by atoms with van der Waals surface area (Å²) in [7, 11) is 0. The minimum Gasteiger partial charge on any atom is -0.435 e. The van der Waals surface area contributed by atoms with Crippen molar-refractivity contribution < 1.29 is 31.5 Å². The van der Waals surface area contributed by atoms with Crippen molar-refractivity contribution in [2.24, 2.45) is 0 Å². The van der Waals surface area contributed by atoms with Crippen LogP contribution in [-0.4, -0.2) is 25.7 Å². The number of hydrogen-bond acceptors (Lipinski definition) is 2. The normalized spacial score (nSPS) is 11.4. The first-order valence-electron chi connectivity index (χ1n) is 8.45. The molecule has 9 heteroatoms. The molecule has 0 saturated heterocycles. The predicted molar refractivity (Wildman–Crippen MR) is 93.3 cm³/mol. The maximum absolute atomic E-state index is 12.5. The third-order valence-corrected chi connectivity index (χ3v) is 3.83. The van der Waals surface area contributed by atoms with E-state index in [-0.39, 0.29) is 12.3 Å². The second-order valence-electron chi connectivity index (χ2n) is 5.90. The molecule has 2 amide bonds. The zero-order valence-corrected chi connectivity index (χ0v) is 14.7. The molecule has 0 aromatic heterocycles. The van der Waals surface area contributed by atoms with Gasteiger partial charge in [0.2, 0.25) is 0 Å². The molecule has 2 aromatic carbocycles. The largest absolute Gasteiger partial charge is 0.435 e. The molecule has 4 nitrogen and oxygen atoms in total. The van der Waals surface area contributed by atoms with Crippen LogP contribution in [0.3, 0.4) is 0 Å². The Morgan fingerprint density at radius 2 is 1.32 bits per heavy atom. The Balaban J connectivity index is 1.65. The van der Waals surface area contributed by atoms with Crippen molar-refractivity contribution in [1.29, 1.82) is 0 Å². The van der Waals surface area contributed by atoms with E-state index in [1.165, 1.54) is 24.3 Å². The van der Waals surface area contributed by atoms with Gasteiger partial charge in [-0.25, -0.2) is 4.79 Å². The lowest BCUT2D eigenvalue weighted by Crippen LogP contribution is -2.37. The van der Waals surface area contributed by atoms with Crippen LogP contribution in [-0.2, 0) is 19.0 Å². The molecular formula is C19H19F5N2O2. The number of hydrogen-bond donors (Lipinski definition) is 2. The Morgan fingerprint density at radius 3 is 1.75 bits per heavy atom. The zero-order chi connectivity index (χ0) is 20.6. The fraction of sp³-hybridized carbons (Fsp3) is 0.316. The van der Waals surface area contributed by atoms with Gasteiger partial charge in [0.05, 0.1) is 5.56 Å². The first-order chi connectivity index (χ1) is 13.2. The molecule has 2 N–H and O–H groups in total. The van der Waals surface area contributed by atoms with E-state index in [1.807, 2.05) is 0 Å². The minimum atomic E-state index is -4.37. The van der Waals surface area contributed by atoms with Crippen molar-refractivity contribution in [3.63, 3.8) is 0 Å². The van der Waals surface area contributed by atoms with Crippen LogP contribution in [0.4, 0.5) is 26.7 Å². The summed E-state index contributed by atoms with van der Waals surface area (Å²) < 4.78 is 65.8. The summed E-state index contributed by atoms with van der Waals surface area (Å²) in [6, 6.07) is 10.5. The number of urea groups is 1. The number of carbonyl (C=O) groups is 1. The number of rotatable bonds is 8. The average Bonchev–Trinajstić information content (AvgIpc) is 2.62. The molecule has 0 saturated carbocycles. The van der Waals surface area contributed by atoms with Crippen molar-refractivity contribution in [3.05, 3.63) is 65.2 Å². The van der Waals surface area contributed by atoms with E-state index in [0.29, 0.717) is 24.9 Å². The van der Waals surface area contributed by atoms with Gasteiger partial charge in [-0.05, 0) is 48.2 Å². The van der Waals surface area contributed by atoms with Gasteiger partial charge < -0.3 is 15.4 Å². The SMILES string of the molecule is O=C(NCCc1ccc(OC(F)F)cc1)NCCc1ccc(C(F)(F)F)cc1. The van der Waals surface area contributed by atoms with E-state index in [2.05, 4.69) is 15.4 Å². The third-order valence-electron chi connectivity index (χ3n) is 3.83. The summed E-state index contributed by atoms with van der Waals surface area (Å²) in [5.74, 6) is 0.0627. The highest BCUT2D eigenvalue weighted by atomic mass is 19.4. The minimum absolute atomic E-state index is 0.0627. The van der Waals surface area contributed by atoms with Crippen LogP contribution < -0.4 is 15.4 Å². The van der Waals surface area contributed by atoms with E-state index < -0.39 is 24.4 Å². The summed E-state index contributed by atoms with van der Waals surface area (Å²) in [4.78, 5) is 11.7. The highest BCUT2D eigenvalue weighted by Crippen LogP contribution is 2.29. The molecule has 0 spiro atoms. The monoisotopic (exact) mass is 402 g/mol. The van der Waals surface area contributed by atoms with Crippen molar-refractivity contribution in [2.75, 3.05) is 13.1 Å². The topological polar surface area (TPSA) is 50.4 Å². The van der Waals surface area contributed by atoms with Crippen LogP contribution in [0, 0.1) is 0 Å². The van der Waals surface area contributed by atoms with E-state index in [0.717, 1.165) is 17.7 Å². The van der Waals surface area contributed by atoms with E-state index >= 15 is 0 Å². The first-order valence-corrected chi connectivity index (χ1v) is 8.45. The summed E-state index contributed by atoms with van der Waals surface area (Å²) in [5.41, 5.74) is 0.807. The maximum Gasteiger partial charge on any atom is 0.416 e. The fourth-order valence-corrected chi connectivity index (χ4v) is 2.40. The van der Waals surface area contributed by atoms with Crippen molar-refractivity contribution in [2.45, 2.75) is 25.6 Å². The Hall–Kier alpha value is -2.84. The lowest BCUT2D eigenvalue weighted by atomic mass is 10.1. The van der Waals surface area contributed by atoms with Crippen molar-refractivity contribution >= 4 is 6.03 Å². The summed E-state index contributed by atoms with van der Waals surface area (Å²) >= 11 is 0. The van der Waals surface area contributed by atoms with Crippen molar-refractivity contribution in [1.82, 2.24) is 10.6 Å². The van der Waals surface area contributed by atoms with Crippen LogP contribution in [0.2, 0.25) is 0 Å². The average molecular weight is 402 g/mol. The van der Waals surface area contributed by atoms with Crippen LogP contribution in [0.5, 0.6) is 5.75 Å². The fourth-order valence-electron chi connectivity index (χ4n) is 2.40. The number of alkyl halides is 5. The van der Waals surface area contributed by atoms with Gasteiger partial charge in [-0.15, -0.1) is 0 Å². The second-order valence-corrected chi connectivity index (χ2v) is 5.90. The summed E-state index contributed by atoms with van der Waals surface area (Å²) in [5, 5.41) is 5.26. The Kier molecular flexibility index (Phi) is 7.60. The molecule has 0 radical (unpaired) electrons. The van der Waals surface area contributed by atoms with Crippen LogP contribution in [0.15, 0.2) is 48.5 Å². The molecule has 2 rings (SSSR count). The maximum atomic E-state index is 12.5. The molecule has 0 bridgehead atoms. The van der Waals surface area contributed by atoms with Gasteiger partial charge in [-0.2, -0.15) is 22.0 Å². The number of carbonyl (C=O) groups excluding carboxylic acids is 1. The lowest BCUT2D eigenvalue weighted by Gasteiger charge is -2.10. The molecule has 0 fully saturated rings. The molecule has 0 unspecified atom stereocenters. The highest BCUT2D eigenvalue weighted by molar-refractivity contribution is 5.73. The number of halogens is 5. The van der Waals surface area contributed by atoms with Gasteiger partial charge in [0.15, 0.2) is 0 Å². The number of benzene rings is 2. The van der Waals surface area contributed by atoms with Gasteiger partial charge in [0, 0.05) is 13.1 Å². The quantitative estimate of drug-likeness (QED) is 0.644. The molecule has 0 atom stereocenters. The molecule has 0 aliphatic carbocycles. The van der Waals surface area contributed by atoms with E-state index in [9.17, 15) is 26.7 Å². The first kappa shape index (κ1) is 21.5. The van der Waals surface area contributed by atoms with Gasteiger partial charge in [-0.3, -0.25) is 0 Å². The second kappa shape index (κ2) is 9.91. The molecule has 2 aromatic rings. The lowest BCUT2D eigenvalue weighted by molar-refractivity contribution is -0.137. The molecular weight excluding hydrogens is 383 g/mol. The Morgan fingerprint density at radius 1 is 0.857 bits per heavy atom. The molecule has 0 heterocycles. The number of amides is 2. The standard InChI is InChI=1S/C19H19F5N2O2/c20-17(21)28-16-7-3-14(4-8-16)10-12-26-18(27)25-11-9-13-1-5-15(6-2-13)19(22,23)24/h1-8,17H,9-12H2,(H2,25,26,27). The van der Waals surface area contributed by atoms with E-state index in [4.69, 9.17) is 0 Å². The smallest absolute Gasteiger partial charge is 0.416 e. The molecule has 0 aliphatic rings. The summed E-state index contributed by atoms with van der Waals surface area (Å²) in [6.07, 6.45) is -3.47. The van der Waals surface area contributed by atoms with Gasteiger partial charge >= 0.3 is 18.8 Å². The molecule has 28 heavy (non-hydrogen) atoms. The predicted octanol–water partition coefficient (Wildman–Crippen LogP) is 4.39. The highest BCUT2D eigenvalue weighted by Gasteiger charge is 2.29. The Bertz CT molecular complexity index is 746. The van der Waals surface area contributed by atoms with Gasteiger partial charge in [0.25, 0.3) is 0 Å². The van der Waals surface area contributed by atoms with Crippen LogP contribution in [0.1, 0.15) is 16.7 Å². The molecule has 0 aliphatic heterocycles. The summed E-state index contributed by atoms with van der Waals surface area (Å²) in [6.45, 7) is -2.27. The van der Waals surface area contributed by atoms with Gasteiger partial charge in [-0.1, -0.05) is 24.3 Å². The van der Waals surface area contributed by atoms with Gasteiger partial charge in [0.1, 0.15) is 5.75 Å². The van der Waals surface area contributed by atoms with E-state index in [1.54, 1.807) is 12.1 Å². The Labute approximate surface area is 158 Å². The van der Waals surface area contributed by atoms with Crippen LogP contribution >= 0.6 is 0 Å².